The zero-order chi connectivity index (χ0) is 18.0. The van der Waals surface area contributed by atoms with Crippen molar-refractivity contribution in [1.29, 1.82) is 0 Å². The number of aromatic nitrogens is 3. The highest BCUT2D eigenvalue weighted by Crippen LogP contribution is 2.35. The number of ether oxygens (including phenoxy) is 1. The zero-order valence-corrected chi connectivity index (χ0v) is 13.5. The van der Waals surface area contributed by atoms with Crippen molar-refractivity contribution in [1.82, 2.24) is 15.0 Å². The van der Waals surface area contributed by atoms with Crippen LogP contribution in [0.4, 0.5) is 5.69 Å². The number of carbonyl (C=O) groups excluding carboxylic acids is 2. The molecule has 0 fully saturated rings. The van der Waals surface area contributed by atoms with Crippen molar-refractivity contribution in [2.45, 2.75) is 0 Å². The molecule has 0 aromatic carbocycles. The van der Waals surface area contributed by atoms with Crippen LogP contribution in [0.5, 0.6) is 0 Å². The van der Waals surface area contributed by atoms with Crippen LogP contribution < -0.4 is 5.32 Å². The van der Waals surface area contributed by atoms with Crippen molar-refractivity contribution in [3.05, 3.63) is 47.0 Å². The molecule has 0 radical (unpaired) electrons. The predicted octanol–water partition coefficient (Wildman–Crippen LogP) is 1.82. The second-order valence-electron chi connectivity index (χ2n) is 4.67. The van der Waals surface area contributed by atoms with Crippen molar-refractivity contribution >= 4 is 45.1 Å². The van der Waals surface area contributed by atoms with E-state index in [1.165, 1.54) is 19.5 Å². The number of esters is 1. The van der Waals surface area contributed by atoms with Crippen LogP contribution in [0.3, 0.4) is 0 Å². The van der Waals surface area contributed by atoms with Crippen LogP contribution in [0.25, 0.3) is 10.2 Å². The maximum absolute atomic E-state index is 12.5. The van der Waals surface area contributed by atoms with Gasteiger partial charge in [-0.15, -0.1) is 11.3 Å². The van der Waals surface area contributed by atoms with Gasteiger partial charge in [-0.05, 0) is 12.1 Å². The molecule has 0 aliphatic heterocycles. The smallest absolute Gasteiger partial charge is 0.356 e. The van der Waals surface area contributed by atoms with Gasteiger partial charge in [0.25, 0.3) is 5.91 Å². The van der Waals surface area contributed by atoms with Crippen LogP contribution in [-0.2, 0) is 4.74 Å². The van der Waals surface area contributed by atoms with Crippen LogP contribution in [-0.4, -0.2) is 45.0 Å². The van der Waals surface area contributed by atoms with E-state index in [1.807, 2.05) is 0 Å². The Labute approximate surface area is 144 Å². The molecule has 2 N–H and O–H groups in total. The van der Waals surface area contributed by atoms with Gasteiger partial charge in [0.05, 0.1) is 12.8 Å². The number of amides is 1. The minimum atomic E-state index is -1.39. The second kappa shape index (κ2) is 6.61. The zero-order valence-electron chi connectivity index (χ0n) is 12.7. The molecule has 0 spiro atoms. The molecule has 9 nitrogen and oxygen atoms in total. The summed E-state index contributed by atoms with van der Waals surface area (Å²) in [5, 5.41) is 12.2. The lowest BCUT2D eigenvalue weighted by Crippen LogP contribution is -2.20. The Morgan fingerprint density at radius 2 is 1.84 bits per heavy atom. The van der Waals surface area contributed by atoms with Crippen molar-refractivity contribution in [3.63, 3.8) is 0 Å². The van der Waals surface area contributed by atoms with Gasteiger partial charge in [0.1, 0.15) is 9.71 Å². The molecule has 3 aromatic heterocycles. The first-order chi connectivity index (χ1) is 12.0. The lowest BCUT2D eigenvalue weighted by atomic mass is 10.2. The standard InChI is InChI=1S/C15H10N4O5S/c1-24-15(23)11-8(7-3-2-4-18-13(7)25-11)19-12(20)9-10(14(21)22)17-6-5-16-9/h2-6H,1H3,(H,19,20)(H,21,22). The van der Waals surface area contributed by atoms with Crippen LogP contribution >= 0.6 is 11.3 Å². The van der Waals surface area contributed by atoms with E-state index in [4.69, 9.17) is 9.84 Å². The highest BCUT2D eigenvalue weighted by molar-refractivity contribution is 7.21. The summed E-state index contributed by atoms with van der Waals surface area (Å²) in [6, 6.07) is 3.33. The van der Waals surface area contributed by atoms with Gasteiger partial charge >= 0.3 is 11.9 Å². The minimum absolute atomic E-state index is 0.144. The normalized spacial score (nSPS) is 10.4. The number of hydrogen-bond donors (Lipinski definition) is 2. The van der Waals surface area contributed by atoms with Crippen LogP contribution in [0.1, 0.15) is 30.6 Å². The molecule has 3 aromatic rings. The van der Waals surface area contributed by atoms with Gasteiger partial charge in [0, 0.05) is 24.0 Å². The average Bonchev–Trinajstić information content (AvgIpc) is 2.99. The van der Waals surface area contributed by atoms with E-state index in [0.29, 0.717) is 10.2 Å². The summed E-state index contributed by atoms with van der Waals surface area (Å²) in [5.41, 5.74) is -0.668. The van der Waals surface area contributed by atoms with E-state index < -0.39 is 23.5 Å². The second-order valence-corrected chi connectivity index (χ2v) is 5.67. The SMILES string of the molecule is COC(=O)c1sc2ncccc2c1NC(=O)c1nccnc1C(=O)O. The number of anilines is 1. The number of nitrogens with one attached hydrogen (secondary N) is 1. The van der Waals surface area contributed by atoms with Gasteiger partial charge in [-0.3, -0.25) is 4.79 Å². The average molecular weight is 358 g/mol. The Bertz CT molecular complexity index is 1000. The Kier molecular flexibility index (Phi) is 4.35. The third kappa shape index (κ3) is 3.02. The van der Waals surface area contributed by atoms with E-state index >= 15 is 0 Å². The van der Waals surface area contributed by atoms with E-state index in [2.05, 4.69) is 20.3 Å². The molecule has 0 aliphatic carbocycles. The molecule has 3 rings (SSSR count). The quantitative estimate of drug-likeness (QED) is 0.675. The number of carbonyl (C=O) groups is 3. The van der Waals surface area contributed by atoms with Gasteiger partial charge in [-0.2, -0.15) is 0 Å². The molecule has 0 aliphatic rings. The van der Waals surface area contributed by atoms with Gasteiger partial charge in [0.2, 0.25) is 0 Å². The molecule has 25 heavy (non-hydrogen) atoms. The molecule has 1 amide bonds. The summed E-state index contributed by atoms with van der Waals surface area (Å²) < 4.78 is 4.73. The van der Waals surface area contributed by atoms with Gasteiger partial charge in [0.15, 0.2) is 11.4 Å². The maximum Gasteiger partial charge on any atom is 0.356 e. The highest BCUT2D eigenvalue weighted by Gasteiger charge is 2.25. The Morgan fingerprint density at radius 1 is 1.12 bits per heavy atom. The fraction of sp³-hybridized carbons (Fsp3) is 0.0667. The third-order valence-corrected chi connectivity index (χ3v) is 4.29. The van der Waals surface area contributed by atoms with Crippen molar-refractivity contribution in [2.75, 3.05) is 12.4 Å². The Morgan fingerprint density at radius 3 is 2.52 bits per heavy atom. The largest absolute Gasteiger partial charge is 0.476 e. The molecule has 126 valence electrons. The summed E-state index contributed by atoms with van der Waals surface area (Å²) in [6.07, 6.45) is 3.93. The molecule has 0 unspecified atom stereocenters. The van der Waals surface area contributed by atoms with E-state index in [1.54, 1.807) is 18.3 Å². The molecule has 0 saturated carbocycles. The van der Waals surface area contributed by atoms with E-state index in [9.17, 15) is 14.4 Å². The van der Waals surface area contributed by atoms with Gasteiger partial charge in [-0.1, -0.05) is 0 Å². The molecule has 0 bridgehead atoms. The number of fused-ring (bicyclic) bond motifs is 1. The number of pyridine rings is 1. The number of nitrogens with zero attached hydrogens (tertiary/aromatic N) is 3. The summed E-state index contributed by atoms with van der Waals surface area (Å²) in [4.78, 5) is 47.9. The first-order valence-corrected chi connectivity index (χ1v) is 7.66. The molecule has 10 heteroatoms. The number of rotatable bonds is 4. The third-order valence-electron chi connectivity index (χ3n) is 3.19. The van der Waals surface area contributed by atoms with Crippen molar-refractivity contribution in [2.24, 2.45) is 0 Å². The number of carboxylic acids is 1. The van der Waals surface area contributed by atoms with Gasteiger partial charge < -0.3 is 15.2 Å². The van der Waals surface area contributed by atoms with Crippen LogP contribution in [0.15, 0.2) is 30.7 Å². The summed E-state index contributed by atoms with van der Waals surface area (Å²) >= 11 is 1.05. The Hall–Kier alpha value is -3.40. The van der Waals surface area contributed by atoms with Gasteiger partial charge in [-0.25, -0.2) is 24.5 Å². The first kappa shape index (κ1) is 16.5. The summed E-state index contributed by atoms with van der Waals surface area (Å²) in [5.74, 6) is -2.83. The highest BCUT2D eigenvalue weighted by atomic mass is 32.1. The Balaban J connectivity index is 2.07. The van der Waals surface area contributed by atoms with Crippen LogP contribution in [0, 0.1) is 0 Å². The first-order valence-electron chi connectivity index (χ1n) is 6.84. The maximum atomic E-state index is 12.5. The summed E-state index contributed by atoms with van der Waals surface area (Å²) in [7, 11) is 1.22. The lowest BCUT2D eigenvalue weighted by Gasteiger charge is -2.07. The number of hydrogen-bond acceptors (Lipinski definition) is 8. The molecular formula is C15H10N4O5S. The van der Waals surface area contributed by atoms with E-state index in [0.717, 1.165) is 11.3 Å². The van der Waals surface area contributed by atoms with Crippen molar-refractivity contribution < 1.29 is 24.2 Å². The molecule has 0 atom stereocenters. The monoisotopic (exact) mass is 358 g/mol. The minimum Gasteiger partial charge on any atom is -0.476 e. The molecule has 0 saturated heterocycles. The number of thiophene rings is 1. The lowest BCUT2D eigenvalue weighted by molar-refractivity contribution is 0.0606. The van der Waals surface area contributed by atoms with E-state index in [-0.39, 0.29) is 16.3 Å². The topological polar surface area (TPSA) is 131 Å². The summed E-state index contributed by atoms with van der Waals surface area (Å²) in [6.45, 7) is 0. The van der Waals surface area contributed by atoms with Crippen molar-refractivity contribution in [3.8, 4) is 0 Å². The fourth-order valence-corrected chi connectivity index (χ4v) is 3.14. The fourth-order valence-electron chi connectivity index (χ4n) is 2.13. The molecular weight excluding hydrogens is 348 g/mol. The predicted molar refractivity (Wildman–Crippen MR) is 87.9 cm³/mol. The number of methoxy groups -OCH3 is 1. The number of aromatic carboxylic acids is 1. The van der Waals surface area contributed by atoms with Crippen LogP contribution in [0.2, 0.25) is 0 Å². The number of carboxylic acid groups (broad SMARTS) is 1. The molecule has 3 heterocycles.